The molecule has 0 aliphatic carbocycles. The van der Waals surface area contributed by atoms with Gasteiger partial charge in [0.1, 0.15) is 0 Å². The molecular formula is C27H54N2O10. The zero-order valence-corrected chi connectivity index (χ0v) is 24.3. The third kappa shape index (κ3) is 32.7. The lowest BCUT2D eigenvalue weighted by molar-refractivity contribution is -0.123. The Kier molecular flexibility index (Phi) is 31.7. The van der Waals surface area contributed by atoms with Crippen molar-refractivity contribution >= 4 is 11.8 Å². The minimum Gasteiger partial charge on any atom is -0.379 e. The van der Waals surface area contributed by atoms with Gasteiger partial charge >= 0.3 is 0 Å². The molecular weight excluding hydrogens is 512 g/mol. The van der Waals surface area contributed by atoms with Gasteiger partial charge in [0.25, 0.3) is 0 Å². The zero-order chi connectivity index (χ0) is 28.5. The second-order valence-electron chi connectivity index (χ2n) is 8.45. The molecule has 0 radical (unpaired) electrons. The van der Waals surface area contributed by atoms with Crippen LogP contribution < -0.4 is 10.6 Å². The molecule has 0 bridgehead atoms. The molecule has 0 saturated carbocycles. The summed E-state index contributed by atoms with van der Waals surface area (Å²) >= 11 is 0. The highest BCUT2D eigenvalue weighted by Crippen LogP contribution is 1.89. The van der Waals surface area contributed by atoms with E-state index in [0.29, 0.717) is 125 Å². The first-order valence-corrected chi connectivity index (χ1v) is 14.4. The summed E-state index contributed by atoms with van der Waals surface area (Å²) in [4.78, 5) is 23.2. The molecule has 0 aromatic carbocycles. The Morgan fingerprint density at radius 2 is 0.744 bits per heavy atom. The van der Waals surface area contributed by atoms with Crippen LogP contribution in [0, 0.1) is 0 Å². The van der Waals surface area contributed by atoms with Gasteiger partial charge in [-0.1, -0.05) is 13.8 Å². The first-order valence-electron chi connectivity index (χ1n) is 14.4. The number of hydrogen-bond donors (Lipinski definition) is 2. The van der Waals surface area contributed by atoms with E-state index in [1.165, 1.54) is 0 Å². The third-order valence-electron chi connectivity index (χ3n) is 4.89. The third-order valence-corrected chi connectivity index (χ3v) is 4.89. The van der Waals surface area contributed by atoms with Crippen molar-refractivity contribution in [2.24, 2.45) is 0 Å². The van der Waals surface area contributed by atoms with Gasteiger partial charge in [-0.15, -0.1) is 0 Å². The van der Waals surface area contributed by atoms with E-state index in [9.17, 15) is 9.59 Å². The summed E-state index contributed by atoms with van der Waals surface area (Å²) in [5, 5.41) is 5.65. The SMILES string of the molecule is CCCNC(=O)CCOCCOCCOCCOCCOCCC(=O)NCCCOCCOCCOCCC. The van der Waals surface area contributed by atoms with Crippen LogP contribution in [0.5, 0.6) is 0 Å². The summed E-state index contributed by atoms with van der Waals surface area (Å²) in [6.07, 6.45) is 3.38. The van der Waals surface area contributed by atoms with Crippen molar-refractivity contribution < 1.29 is 47.5 Å². The number of hydrogen-bond acceptors (Lipinski definition) is 10. The Labute approximate surface area is 235 Å². The standard InChI is InChI=1S/C27H54N2O10/c1-3-8-28-26(30)6-12-34-16-20-37-22-24-39-25-23-38-21-17-35-13-7-27(31)29-9-5-11-33-15-19-36-18-14-32-10-4-2/h3-25H2,1-2H3,(H,28,30)(H,29,31). The van der Waals surface area contributed by atoms with Crippen molar-refractivity contribution in [3.8, 4) is 0 Å². The fourth-order valence-corrected chi connectivity index (χ4v) is 2.84. The smallest absolute Gasteiger partial charge is 0.222 e. The second kappa shape index (κ2) is 32.8. The Morgan fingerprint density at radius 1 is 0.410 bits per heavy atom. The highest BCUT2D eigenvalue weighted by Gasteiger charge is 2.01. The van der Waals surface area contributed by atoms with Gasteiger partial charge in [-0.25, -0.2) is 0 Å². The molecule has 0 spiro atoms. The van der Waals surface area contributed by atoms with Gasteiger partial charge < -0.3 is 48.5 Å². The number of amides is 2. The average Bonchev–Trinajstić information content (AvgIpc) is 2.94. The summed E-state index contributed by atoms with van der Waals surface area (Å²) in [5.74, 6) is -0.0261. The normalized spacial score (nSPS) is 11.1. The molecule has 0 aliphatic rings. The van der Waals surface area contributed by atoms with Crippen LogP contribution in [-0.2, 0) is 47.5 Å². The summed E-state index contributed by atoms with van der Waals surface area (Å²) in [6.45, 7) is 13.4. The Morgan fingerprint density at radius 3 is 1.13 bits per heavy atom. The second-order valence-corrected chi connectivity index (χ2v) is 8.45. The molecule has 0 aromatic rings. The average molecular weight is 567 g/mol. The van der Waals surface area contributed by atoms with Gasteiger partial charge in [-0.2, -0.15) is 0 Å². The van der Waals surface area contributed by atoms with E-state index in [-0.39, 0.29) is 11.8 Å². The molecule has 0 atom stereocenters. The van der Waals surface area contributed by atoms with Crippen molar-refractivity contribution in [2.45, 2.75) is 46.0 Å². The number of carbonyl (C=O) groups excluding carboxylic acids is 2. The van der Waals surface area contributed by atoms with Crippen molar-refractivity contribution in [3.63, 3.8) is 0 Å². The molecule has 12 heteroatoms. The van der Waals surface area contributed by atoms with Crippen LogP contribution in [-0.4, -0.2) is 131 Å². The quantitative estimate of drug-likeness (QED) is 0.115. The fraction of sp³-hybridized carbons (Fsp3) is 0.926. The summed E-state index contributed by atoms with van der Waals surface area (Å²) in [7, 11) is 0. The van der Waals surface area contributed by atoms with E-state index in [2.05, 4.69) is 17.6 Å². The van der Waals surface area contributed by atoms with Crippen LogP contribution >= 0.6 is 0 Å². The topological polar surface area (TPSA) is 132 Å². The fourth-order valence-electron chi connectivity index (χ4n) is 2.84. The van der Waals surface area contributed by atoms with Crippen molar-refractivity contribution in [1.29, 1.82) is 0 Å². The predicted octanol–water partition coefficient (Wildman–Crippen LogP) is 1.34. The number of nitrogens with one attached hydrogen (secondary N) is 2. The van der Waals surface area contributed by atoms with E-state index >= 15 is 0 Å². The maximum absolute atomic E-state index is 11.8. The Balaban J connectivity index is 3.17. The van der Waals surface area contributed by atoms with E-state index in [4.69, 9.17) is 37.9 Å². The van der Waals surface area contributed by atoms with Crippen LogP contribution in [0.25, 0.3) is 0 Å². The first kappa shape index (κ1) is 37.6. The van der Waals surface area contributed by atoms with Gasteiger partial charge in [0, 0.05) is 39.1 Å². The maximum atomic E-state index is 11.8. The number of rotatable bonds is 32. The summed E-state index contributed by atoms with van der Waals surface area (Å²) in [6, 6.07) is 0. The highest BCUT2D eigenvalue weighted by atomic mass is 16.6. The molecule has 0 fully saturated rings. The van der Waals surface area contributed by atoms with Gasteiger partial charge in [0.05, 0.1) is 92.5 Å². The van der Waals surface area contributed by atoms with E-state index < -0.39 is 0 Å². The Hall–Kier alpha value is -1.38. The predicted molar refractivity (Wildman–Crippen MR) is 147 cm³/mol. The van der Waals surface area contributed by atoms with Crippen LogP contribution in [0.2, 0.25) is 0 Å². The molecule has 12 nitrogen and oxygen atoms in total. The van der Waals surface area contributed by atoms with Gasteiger partial charge in [0.2, 0.25) is 11.8 Å². The number of carbonyl (C=O) groups is 2. The highest BCUT2D eigenvalue weighted by molar-refractivity contribution is 5.76. The molecule has 0 rings (SSSR count). The largest absolute Gasteiger partial charge is 0.379 e. The van der Waals surface area contributed by atoms with E-state index in [0.717, 1.165) is 25.9 Å². The molecule has 0 aliphatic heterocycles. The molecule has 2 N–H and O–H groups in total. The monoisotopic (exact) mass is 566 g/mol. The van der Waals surface area contributed by atoms with Crippen molar-refractivity contribution in [3.05, 3.63) is 0 Å². The Bertz CT molecular complexity index is 529. The van der Waals surface area contributed by atoms with E-state index in [1.807, 2.05) is 6.92 Å². The molecule has 2 amide bonds. The molecule has 232 valence electrons. The van der Waals surface area contributed by atoms with Crippen LogP contribution in [0.1, 0.15) is 46.0 Å². The molecule has 0 aromatic heterocycles. The minimum atomic E-state index is -0.0386. The lowest BCUT2D eigenvalue weighted by atomic mass is 10.4. The lowest BCUT2D eigenvalue weighted by Crippen LogP contribution is -2.26. The molecule has 0 heterocycles. The molecule has 39 heavy (non-hydrogen) atoms. The lowest BCUT2D eigenvalue weighted by Gasteiger charge is -2.09. The van der Waals surface area contributed by atoms with Gasteiger partial charge in [-0.3, -0.25) is 9.59 Å². The van der Waals surface area contributed by atoms with Crippen molar-refractivity contribution in [1.82, 2.24) is 10.6 Å². The summed E-state index contributed by atoms with van der Waals surface area (Å²) < 4.78 is 43.2. The first-order chi connectivity index (χ1) is 19.2. The van der Waals surface area contributed by atoms with Gasteiger partial charge in [0.15, 0.2) is 0 Å². The minimum absolute atomic E-state index is 0.0125. The van der Waals surface area contributed by atoms with Crippen molar-refractivity contribution in [2.75, 3.05) is 119 Å². The molecule has 0 saturated heterocycles. The summed E-state index contributed by atoms with van der Waals surface area (Å²) in [5.41, 5.74) is 0. The molecule has 0 unspecified atom stereocenters. The van der Waals surface area contributed by atoms with Crippen LogP contribution in [0.15, 0.2) is 0 Å². The van der Waals surface area contributed by atoms with Crippen LogP contribution in [0.4, 0.5) is 0 Å². The van der Waals surface area contributed by atoms with E-state index in [1.54, 1.807) is 0 Å². The van der Waals surface area contributed by atoms with Crippen LogP contribution in [0.3, 0.4) is 0 Å². The number of ether oxygens (including phenoxy) is 8. The zero-order valence-electron chi connectivity index (χ0n) is 24.3. The maximum Gasteiger partial charge on any atom is 0.222 e. The van der Waals surface area contributed by atoms with Gasteiger partial charge in [-0.05, 0) is 19.3 Å².